The molecule has 5 nitrogen and oxygen atoms in total. The molecule has 0 radical (unpaired) electrons. The lowest BCUT2D eigenvalue weighted by Gasteiger charge is -2.28. The number of halogens is 2. The highest BCUT2D eigenvalue weighted by Crippen LogP contribution is 2.34. The Kier molecular flexibility index (Phi) is 6.63. The molecule has 1 aromatic carbocycles. The lowest BCUT2D eigenvalue weighted by Crippen LogP contribution is -2.39. The molecule has 0 saturated carbocycles. The minimum absolute atomic E-state index is 0. The molecule has 146 valence electrons. The number of ether oxygens (including phenoxy) is 1. The lowest BCUT2D eigenvalue weighted by atomic mass is 9.89. The van der Waals surface area contributed by atoms with Gasteiger partial charge in [0.25, 0.3) is 0 Å². The van der Waals surface area contributed by atoms with Gasteiger partial charge in [0, 0.05) is 29.4 Å². The molecule has 0 spiro atoms. The van der Waals surface area contributed by atoms with Crippen LogP contribution in [0, 0.1) is 5.92 Å². The van der Waals surface area contributed by atoms with Gasteiger partial charge in [0.2, 0.25) is 5.91 Å². The summed E-state index contributed by atoms with van der Waals surface area (Å²) in [4.78, 5) is 16.9. The van der Waals surface area contributed by atoms with E-state index in [1.54, 1.807) is 7.11 Å². The van der Waals surface area contributed by atoms with E-state index in [0.29, 0.717) is 40.3 Å². The largest absolute Gasteiger partial charge is 0.495 e. The molecule has 1 amide bonds. The second-order valence-electron chi connectivity index (χ2n) is 7.11. The molecule has 8 heteroatoms. The van der Waals surface area contributed by atoms with Crippen molar-refractivity contribution in [2.75, 3.05) is 12.4 Å². The number of nitrogens with one attached hydrogen (secondary N) is 2. The van der Waals surface area contributed by atoms with Crippen molar-refractivity contribution >= 4 is 46.4 Å². The van der Waals surface area contributed by atoms with Crippen molar-refractivity contribution in [2.24, 2.45) is 5.92 Å². The molecule has 0 aliphatic carbocycles. The Morgan fingerprint density at radius 2 is 2.11 bits per heavy atom. The van der Waals surface area contributed by atoms with Crippen LogP contribution < -0.4 is 15.4 Å². The normalized spacial score (nSPS) is 23.6. The highest BCUT2D eigenvalue weighted by atomic mass is 35.5. The Labute approximate surface area is 174 Å². The Morgan fingerprint density at radius 1 is 1.37 bits per heavy atom. The van der Waals surface area contributed by atoms with Gasteiger partial charge in [0.05, 0.1) is 17.8 Å². The summed E-state index contributed by atoms with van der Waals surface area (Å²) in [6, 6.07) is 6.78. The Bertz CT molecular complexity index is 802. The highest BCUT2D eigenvalue weighted by Gasteiger charge is 2.34. The fourth-order valence-electron chi connectivity index (χ4n) is 4.06. The number of carbonyl (C=O) groups excluding carboxylic acids is 1. The number of amides is 1. The van der Waals surface area contributed by atoms with E-state index in [9.17, 15) is 4.79 Å². The van der Waals surface area contributed by atoms with Crippen LogP contribution in [-0.4, -0.2) is 30.1 Å². The summed E-state index contributed by atoms with van der Waals surface area (Å²) >= 11 is 7.62. The van der Waals surface area contributed by atoms with Gasteiger partial charge in [-0.05, 0) is 49.8 Å². The number of fused-ring (bicyclic) bond motifs is 2. The summed E-state index contributed by atoms with van der Waals surface area (Å²) in [6.07, 6.45) is 5.30. The molecule has 2 saturated heterocycles. The highest BCUT2D eigenvalue weighted by molar-refractivity contribution is 7.14. The van der Waals surface area contributed by atoms with E-state index < -0.39 is 0 Å². The van der Waals surface area contributed by atoms with E-state index in [2.05, 4.69) is 15.6 Å². The van der Waals surface area contributed by atoms with Gasteiger partial charge in [-0.2, -0.15) is 0 Å². The van der Waals surface area contributed by atoms with Crippen molar-refractivity contribution in [2.45, 2.75) is 44.2 Å². The summed E-state index contributed by atoms with van der Waals surface area (Å²) in [5.74, 6) is 1.17. The van der Waals surface area contributed by atoms with Crippen LogP contribution in [0.3, 0.4) is 0 Å². The van der Waals surface area contributed by atoms with Crippen molar-refractivity contribution in [3.63, 3.8) is 0 Å². The molecule has 2 fully saturated rings. The third-order valence-corrected chi connectivity index (χ3v) is 6.30. The number of aromatic nitrogens is 1. The van der Waals surface area contributed by atoms with Crippen LogP contribution in [-0.2, 0) is 4.79 Å². The van der Waals surface area contributed by atoms with Crippen LogP contribution in [0.5, 0.6) is 5.75 Å². The topological polar surface area (TPSA) is 63.2 Å². The van der Waals surface area contributed by atoms with E-state index in [-0.39, 0.29) is 18.3 Å². The van der Waals surface area contributed by atoms with Crippen LogP contribution >= 0.6 is 35.3 Å². The molecule has 4 rings (SSSR count). The van der Waals surface area contributed by atoms with Crippen LogP contribution in [0.15, 0.2) is 23.6 Å². The first-order valence-electron chi connectivity index (χ1n) is 8.96. The molecule has 27 heavy (non-hydrogen) atoms. The molecule has 2 N–H and O–H groups in total. The minimum Gasteiger partial charge on any atom is -0.495 e. The number of rotatable bonds is 5. The van der Waals surface area contributed by atoms with Crippen LogP contribution in [0.2, 0.25) is 5.02 Å². The summed E-state index contributed by atoms with van der Waals surface area (Å²) < 4.78 is 5.17. The Morgan fingerprint density at radius 3 is 2.78 bits per heavy atom. The lowest BCUT2D eigenvalue weighted by molar-refractivity contribution is -0.117. The zero-order valence-corrected chi connectivity index (χ0v) is 17.4. The molecule has 2 aliphatic heterocycles. The van der Waals surface area contributed by atoms with Crippen molar-refractivity contribution in [3.05, 3.63) is 28.6 Å². The molecule has 3 heterocycles. The van der Waals surface area contributed by atoms with Crippen LogP contribution in [0.25, 0.3) is 11.3 Å². The SMILES string of the molecule is COc1ccc(-c2csc(NC(=O)CC3CC4CCC(C3)N4)n2)cc1Cl.Cl. The Balaban J connectivity index is 0.00000210. The average Bonchev–Trinajstić information content (AvgIpc) is 3.21. The van der Waals surface area contributed by atoms with Crippen molar-refractivity contribution in [3.8, 4) is 17.0 Å². The molecule has 2 aromatic rings. The number of methoxy groups -OCH3 is 1. The second-order valence-corrected chi connectivity index (χ2v) is 8.38. The second kappa shape index (κ2) is 8.78. The van der Waals surface area contributed by atoms with E-state index in [1.807, 2.05) is 23.6 Å². The first-order valence-corrected chi connectivity index (χ1v) is 10.2. The van der Waals surface area contributed by atoms with E-state index >= 15 is 0 Å². The molecule has 2 aliphatic rings. The van der Waals surface area contributed by atoms with Gasteiger partial charge >= 0.3 is 0 Å². The predicted molar refractivity (Wildman–Crippen MR) is 112 cm³/mol. The van der Waals surface area contributed by atoms with E-state index in [4.69, 9.17) is 16.3 Å². The van der Waals surface area contributed by atoms with Gasteiger partial charge in [-0.15, -0.1) is 23.7 Å². The summed E-state index contributed by atoms with van der Waals surface area (Å²) in [5, 5.41) is 9.68. The number of piperidine rings is 1. The number of thiazole rings is 1. The third kappa shape index (κ3) is 4.74. The number of nitrogens with zero attached hydrogens (tertiary/aromatic N) is 1. The zero-order valence-electron chi connectivity index (χ0n) is 15.0. The van der Waals surface area contributed by atoms with Gasteiger partial charge < -0.3 is 15.4 Å². The number of hydrogen-bond acceptors (Lipinski definition) is 5. The van der Waals surface area contributed by atoms with Gasteiger partial charge in [0.1, 0.15) is 5.75 Å². The van der Waals surface area contributed by atoms with Gasteiger partial charge in [0.15, 0.2) is 5.13 Å². The first-order chi connectivity index (χ1) is 12.6. The number of anilines is 1. The molecule has 2 unspecified atom stereocenters. The molecular weight excluding hydrogens is 405 g/mol. The quantitative estimate of drug-likeness (QED) is 0.721. The first kappa shape index (κ1) is 20.4. The number of hydrogen-bond donors (Lipinski definition) is 2. The fraction of sp³-hybridized carbons (Fsp3) is 0.474. The number of benzene rings is 1. The molecule has 1 aromatic heterocycles. The molecule has 2 atom stereocenters. The molecule has 2 bridgehead atoms. The van der Waals surface area contributed by atoms with Gasteiger partial charge in [-0.1, -0.05) is 11.6 Å². The van der Waals surface area contributed by atoms with Crippen molar-refractivity contribution < 1.29 is 9.53 Å². The maximum atomic E-state index is 12.4. The predicted octanol–water partition coefficient (Wildman–Crippen LogP) is 4.75. The minimum atomic E-state index is 0. The zero-order chi connectivity index (χ0) is 18.1. The smallest absolute Gasteiger partial charge is 0.226 e. The maximum Gasteiger partial charge on any atom is 0.226 e. The standard InChI is InChI=1S/C19H22ClN3O2S.ClH/c1-25-17-5-2-12(9-15(17)20)16-10-26-19(22-16)23-18(24)8-11-6-13-3-4-14(7-11)21-13;/h2,5,9-11,13-14,21H,3-4,6-8H2,1H3,(H,22,23,24);1H. The summed E-state index contributed by atoms with van der Waals surface area (Å²) in [6.45, 7) is 0. The fourth-order valence-corrected chi connectivity index (χ4v) is 5.06. The monoisotopic (exact) mass is 427 g/mol. The van der Waals surface area contributed by atoms with E-state index in [1.165, 1.54) is 24.2 Å². The molecular formula is C19H23Cl2N3O2S. The van der Waals surface area contributed by atoms with Crippen molar-refractivity contribution in [1.82, 2.24) is 10.3 Å². The van der Waals surface area contributed by atoms with E-state index in [0.717, 1.165) is 24.1 Å². The average molecular weight is 428 g/mol. The third-order valence-electron chi connectivity index (χ3n) is 5.24. The van der Waals surface area contributed by atoms with Gasteiger partial charge in [-0.3, -0.25) is 4.79 Å². The Hall–Kier alpha value is -1.34. The van der Waals surface area contributed by atoms with Gasteiger partial charge in [-0.25, -0.2) is 4.98 Å². The summed E-state index contributed by atoms with van der Waals surface area (Å²) in [5.41, 5.74) is 1.71. The summed E-state index contributed by atoms with van der Waals surface area (Å²) in [7, 11) is 1.59. The number of carbonyl (C=O) groups is 1. The maximum absolute atomic E-state index is 12.4. The van der Waals surface area contributed by atoms with Crippen molar-refractivity contribution in [1.29, 1.82) is 0 Å². The van der Waals surface area contributed by atoms with Crippen LogP contribution in [0.4, 0.5) is 5.13 Å². The van der Waals surface area contributed by atoms with Crippen LogP contribution in [0.1, 0.15) is 32.1 Å².